The van der Waals surface area contributed by atoms with E-state index in [9.17, 15) is 9.59 Å². The molecule has 0 aliphatic rings. The van der Waals surface area contributed by atoms with Gasteiger partial charge in [-0.05, 0) is 27.7 Å². The van der Waals surface area contributed by atoms with Gasteiger partial charge in [0.05, 0.1) is 0 Å². The SMILES string of the molecule is Cc1c(Cl)c(=O)n(C(C)(C)C)c(=O)n1C. The van der Waals surface area contributed by atoms with Gasteiger partial charge in [0, 0.05) is 18.3 Å². The molecule has 0 N–H and O–H groups in total. The molecule has 15 heavy (non-hydrogen) atoms. The lowest BCUT2D eigenvalue weighted by Gasteiger charge is -2.22. The standard InChI is InChI=1S/C10H15ClN2O2/c1-6-7(11)8(14)13(10(2,3)4)9(15)12(6)5/h1-5H3. The summed E-state index contributed by atoms with van der Waals surface area (Å²) in [7, 11) is 1.60. The molecule has 0 radical (unpaired) electrons. The van der Waals surface area contributed by atoms with Crippen molar-refractivity contribution in [2.24, 2.45) is 7.05 Å². The van der Waals surface area contributed by atoms with Crippen LogP contribution in [0, 0.1) is 6.92 Å². The van der Waals surface area contributed by atoms with Crippen LogP contribution in [0.15, 0.2) is 9.59 Å². The largest absolute Gasteiger partial charge is 0.331 e. The van der Waals surface area contributed by atoms with E-state index in [1.807, 2.05) is 0 Å². The van der Waals surface area contributed by atoms with Gasteiger partial charge in [-0.3, -0.25) is 13.9 Å². The van der Waals surface area contributed by atoms with E-state index < -0.39 is 11.1 Å². The van der Waals surface area contributed by atoms with Crippen LogP contribution in [0.4, 0.5) is 0 Å². The number of rotatable bonds is 0. The molecule has 0 aliphatic carbocycles. The van der Waals surface area contributed by atoms with E-state index in [4.69, 9.17) is 11.6 Å². The Morgan fingerprint density at radius 3 is 2.07 bits per heavy atom. The molecular formula is C10H15ClN2O2. The third kappa shape index (κ3) is 1.86. The molecule has 1 aromatic rings. The van der Waals surface area contributed by atoms with Crippen molar-refractivity contribution in [3.8, 4) is 0 Å². The summed E-state index contributed by atoms with van der Waals surface area (Å²) in [5.74, 6) is 0. The van der Waals surface area contributed by atoms with Crippen LogP contribution in [-0.2, 0) is 12.6 Å². The molecule has 0 atom stereocenters. The summed E-state index contributed by atoms with van der Waals surface area (Å²) < 4.78 is 2.55. The summed E-state index contributed by atoms with van der Waals surface area (Å²) in [6, 6.07) is 0. The molecule has 0 aromatic carbocycles. The molecule has 0 spiro atoms. The predicted molar refractivity (Wildman–Crippen MR) is 60.7 cm³/mol. The zero-order chi connectivity index (χ0) is 12.0. The Balaban J connectivity index is 3.86. The predicted octanol–water partition coefficient (Wildman–Crippen LogP) is 1.26. The Labute approximate surface area is 93.1 Å². The van der Waals surface area contributed by atoms with Crippen LogP contribution in [0.25, 0.3) is 0 Å². The van der Waals surface area contributed by atoms with E-state index in [-0.39, 0.29) is 10.7 Å². The van der Waals surface area contributed by atoms with Crippen molar-refractivity contribution in [1.82, 2.24) is 9.13 Å². The van der Waals surface area contributed by atoms with Crippen molar-refractivity contribution in [3.05, 3.63) is 31.6 Å². The second-order valence-electron chi connectivity index (χ2n) is 4.55. The van der Waals surface area contributed by atoms with Gasteiger partial charge in [0.25, 0.3) is 5.56 Å². The molecule has 0 saturated carbocycles. The number of halogens is 1. The zero-order valence-electron chi connectivity index (χ0n) is 9.59. The first-order chi connectivity index (χ1) is 6.68. The smallest absolute Gasteiger partial charge is 0.299 e. The Bertz CT molecular complexity index is 469. The van der Waals surface area contributed by atoms with E-state index in [0.29, 0.717) is 5.69 Å². The Hall–Kier alpha value is -1.03. The highest BCUT2D eigenvalue weighted by Gasteiger charge is 2.22. The van der Waals surface area contributed by atoms with Gasteiger partial charge in [0.2, 0.25) is 0 Å². The third-order valence-corrected chi connectivity index (χ3v) is 2.80. The van der Waals surface area contributed by atoms with Crippen LogP contribution in [0.1, 0.15) is 26.5 Å². The topological polar surface area (TPSA) is 44.0 Å². The minimum atomic E-state index is -0.566. The molecule has 0 unspecified atom stereocenters. The number of aromatic nitrogens is 2. The average Bonchev–Trinajstić information content (AvgIpc) is 2.09. The molecule has 0 fully saturated rings. The molecule has 1 rings (SSSR count). The summed E-state index contributed by atoms with van der Waals surface area (Å²) in [6.07, 6.45) is 0. The van der Waals surface area contributed by atoms with Crippen LogP contribution in [0.2, 0.25) is 5.02 Å². The normalized spacial score (nSPS) is 11.9. The lowest BCUT2D eigenvalue weighted by Crippen LogP contribution is -2.48. The maximum Gasteiger partial charge on any atom is 0.331 e. The Kier molecular flexibility index (Phi) is 2.83. The summed E-state index contributed by atoms with van der Waals surface area (Å²) in [6.45, 7) is 7.03. The quantitative estimate of drug-likeness (QED) is 0.674. The maximum absolute atomic E-state index is 11.9. The molecule has 1 heterocycles. The summed E-state index contributed by atoms with van der Waals surface area (Å²) in [5, 5.41) is 0.104. The molecule has 0 amide bonds. The van der Waals surface area contributed by atoms with Crippen molar-refractivity contribution in [2.45, 2.75) is 33.2 Å². The van der Waals surface area contributed by atoms with E-state index in [1.165, 1.54) is 9.13 Å². The Morgan fingerprint density at radius 2 is 1.67 bits per heavy atom. The molecule has 5 heteroatoms. The number of nitrogens with zero attached hydrogens (tertiary/aromatic N) is 2. The van der Waals surface area contributed by atoms with Gasteiger partial charge in [-0.25, -0.2) is 4.79 Å². The molecule has 84 valence electrons. The van der Waals surface area contributed by atoms with Crippen LogP contribution >= 0.6 is 11.6 Å². The average molecular weight is 231 g/mol. The zero-order valence-corrected chi connectivity index (χ0v) is 10.3. The highest BCUT2D eigenvalue weighted by molar-refractivity contribution is 6.30. The van der Waals surface area contributed by atoms with Crippen molar-refractivity contribution >= 4 is 11.6 Å². The van der Waals surface area contributed by atoms with E-state index in [1.54, 1.807) is 34.7 Å². The second-order valence-corrected chi connectivity index (χ2v) is 4.93. The van der Waals surface area contributed by atoms with Gasteiger partial charge in [0.15, 0.2) is 0 Å². The van der Waals surface area contributed by atoms with Crippen molar-refractivity contribution < 1.29 is 0 Å². The molecule has 0 aliphatic heterocycles. The van der Waals surface area contributed by atoms with Crippen molar-refractivity contribution in [3.63, 3.8) is 0 Å². The maximum atomic E-state index is 11.9. The highest BCUT2D eigenvalue weighted by Crippen LogP contribution is 2.11. The second kappa shape index (κ2) is 3.52. The first-order valence-electron chi connectivity index (χ1n) is 4.66. The fourth-order valence-corrected chi connectivity index (χ4v) is 1.58. The Morgan fingerprint density at radius 1 is 1.20 bits per heavy atom. The van der Waals surface area contributed by atoms with Gasteiger partial charge >= 0.3 is 5.69 Å². The van der Waals surface area contributed by atoms with E-state index in [0.717, 1.165) is 0 Å². The molecular weight excluding hydrogens is 216 g/mol. The number of hydrogen-bond donors (Lipinski definition) is 0. The van der Waals surface area contributed by atoms with Gasteiger partial charge in [-0.2, -0.15) is 0 Å². The fourth-order valence-electron chi connectivity index (χ4n) is 1.37. The minimum absolute atomic E-state index is 0.104. The summed E-state index contributed by atoms with van der Waals surface area (Å²) >= 11 is 5.87. The fraction of sp³-hybridized carbons (Fsp3) is 0.600. The highest BCUT2D eigenvalue weighted by atomic mass is 35.5. The van der Waals surface area contributed by atoms with Gasteiger partial charge in [-0.1, -0.05) is 11.6 Å². The van der Waals surface area contributed by atoms with Crippen LogP contribution in [-0.4, -0.2) is 9.13 Å². The molecule has 4 nitrogen and oxygen atoms in total. The first-order valence-corrected chi connectivity index (χ1v) is 5.04. The van der Waals surface area contributed by atoms with Gasteiger partial charge < -0.3 is 0 Å². The van der Waals surface area contributed by atoms with Crippen molar-refractivity contribution in [1.29, 1.82) is 0 Å². The van der Waals surface area contributed by atoms with Gasteiger partial charge in [-0.15, -0.1) is 0 Å². The molecule has 0 saturated heterocycles. The van der Waals surface area contributed by atoms with Gasteiger partial charge in [0.1, 0.15) is 5.02 Å². The minimum Gasteiger partial charge on any atom is -0.299 e. The van der Waals surface area contributed by atoms with E-state index >= 15 is 0 Å². The monoisotopic (exact) mass is 230 g/mol. The van der Waals surface area contributed by atoms with E-state index in [2.05, 4.69) is 0 Å². The molecule has 1 aromatic heterocycles. The van der Waals surface area contributed by atoms with Crippen LogP contribution in [0.3, 0.4) is 0 Å². The lowest BCUT2D eigenvalue weighted by molar-refractivity contribution is 0.356. The lowest BCUT2D eigenvalue weighted by atomic mass is 10.1. The molecule has 0 bridgehead atoms. The summed E-state index contributed by atoms with van der Waals surface area (Å²) in [5.41, 5.74) is -0.838. The first kappa shape index (κ1) is 12.0. The van der Waals surface area contributed by atoms with Crippen molar-refractivity contribution in [2.75, 3.05) is 0 Å². The third-order valence-electron chi connectivity index (χ3n) is 2.36. The summed E-state index contributed by atoms with van der Waals surface area (Å²) in [4.78, 5) is 23.7. The van der Waals surface area contributed by atoms with Crippen LogP contribution in [0.5, 0.6) is 0 Å². The van der Waals surface area contributed by atoms with Crippen LogP contribution < -0.4 is 11.2 Å². The number of hydrogen-bond acceptors (Lipinski definition) is 2.